The van der Waals surface area contributed by atoms with Crippen molar-refractivity contribution in [1.82, 2.24) is 4.90 Å². The van der Waals surface area contributed by atoms with E-state index in [1.54, 1.807) is 48.5 Å². The van der Waals surface area contributed by atoms with Crippen LogP contribution in [0, 0.1) is 0 Å². The molecule has 3 aromatic carbocycles. The first-order valence-electron chi connectivity index (χ1n) is 11.0. The summed E-state index contributed by atoms with van der Waals surface area (Å²) in [4.78, 5) is 15.5. The van der Waals surface area contributed by atoms with E-state index in [4.69, 9.17) is 9.47 Å². The Hall–Kier alpha value is -3.15. The molecule has 0 spiro atoms. The summed E-state index contributed by atoms with van der Waals surface area (Å²) < 4.78 is 11.7. The summed E-state index contributed by atoms with van der Waals surface area (Å²) in [5.74, 6) is 0.0212. The molecule has 1 unspecified atom stereocenters. The molecule has 0 radical (unpaired) electrons. The fraction of sp³-hybridized carbons (Fsp3) is 0.296. The van der Waals surface area contributed by atoms with Gasteiger partial charge < -0.3 is 19.5 Å². The zero-order valence-electron chi connectivity index (χ0n) is 18.3. The standard InChI is InChI=1S/C27H29NO4/c1-28-18-16-25(17-19-28)32-26(29)27(30,22-10-6-3-7-11-22)23-12-14-24(15-13-23)31-20-21-8-4-2-5-9-21/h2-15,25,30H,16-20H2,1H3. The molecule has 0 bridgehead atoms. The van der Waals surface area contributed by atoms with Crippen LogP contribution >= 0.6 is 0 Å². The maximum atomic E-state index is 13.3. The van der Waals surface area contributed by atoms with Gasteiger partial charge in [-0.3, -0.25) is 0 Å². The van der Waals surface area contributed by atoms with Crippen LogP contribution in [0.25, 0.3) is 0 Å². The van der Waals surface area contributed by atoms with Crippen LogP contribution in [0.5, 0.6) is 5.75 Å². The number of hydrogen-bond acceptors (Lipinski definition) is 5. The number of nitrogens with zero attached hydrogens (tertiary/aromatic N) is 1. The first-order chi connectivity index (χ1) is 15.6. The highest BCUT2D eigenvalue weighted by Gasteiger charge is 2.43. The second-order valence-electron chi connectivity index (χ2n) is 8.28. The fourth-order valence-electron chi connectivity index (χ4n) is 3.95. The minimum Gasteiger partial charge on any atom is -0.489 e. The lowest BCUT2D eigenvalue weighted by Crippen LogP contribution is -2.43. The van der Waals surface area contributed by atoms with Crippen molar-refractivity contribution in [2.24, 2.45) is 0 Å². The molecule has 1 atom stereocenters. The van der Waals surface area contributed by atoms with E-state index in [0.29, 0.717) is 23.5 Å². The number of piperidine rings is 1. The minimum absolute atomic E-state index is 0.192. The van der Waals surface area contributed by atoms with Crippen LogP contribution in [0.2, 0.25) is 0 Å². The SMILES string of the molecule is CN1CCC(OC(=O)C(O)(c2ccccc2)c2ccc(OCc3ccccc3)cc2)CC1. The number of aliphatic hydroxyl groups is 1. The molecule has 5 heteroatoms. The van der Waals surface area contributed by atoms with Gasteiger partial charge in [0.05, 0.1) is 0 Å². The molecule has 0 amide bonds. The van der Waals surface area contributed by atoms with Gasteiger partial charge in [0, 0.05) is 13.1 Å². The van der Waals surface area contributed by atoms with Crippen molar-refractivity contribution in [1.29, 1.82) is 0 Å². The molecule has 1 aliphatic heterocycles. The van der Waals surface area contributed by atoms with E-state index in [2.05, 4.69) is 11.9 Å². The Kier molecular flexibility index (Phi) is 6.88. The molecule has 1 heterocycles. The Morgan fingerprint density at radius 3 is 2.09 bits per heavy atom. The van der Waals surface area contributed by atoms with Gasteiger partial charge >= 0.3 is 5.97 Å². The summed E-state index contributed by atoms with van der Waals surface area (Å²) in [5, 5.41) is 11.7. The van der Waals surface area contributed by atoms with E-state index in [-0.39, 0.29) is 6.10 Å². The van der Waals surface area contributed by atoms with Crippen LogP contribution < -0.4 is 4.74 Å². The number of ether oxygens (including phenoxy) is 2. The van der Waals surface area contributed by atoms with E-state index in [0.717, 1.165) is 31.5 Å². The molecule has 1 aliphatic rings. The predicted octanol–water partition coefficient (Wildman–Crippen LogP) is 4.14. The zero-order chi connectivity index (χ0) is 22.4. The van der Waals surface area contributed by atoms with Crippen molar-refractivity contribution in [2.75, 3.05) is 20.1 Å². The van der Waals surface area contributed by atoms with Crippen LogP contribution in [0.1, 0.15) is 29.5 Å². The van der Waals surface area contributed by atoms with Crippen molar-refractivity contribution in [2.45, 2.75) is 31.2 Å². The van der Waals surface area contributed by atoms with Crippen LogP contribution in [0.3, 0.4) is 0 Å². The van der Waals surface area contributed by atoms with Gasteiger partial charge in [0.15, 0.2) is 0 Å². The average molecular weight is 432 g/mol. The normalized spacial score (nSPS) is 16.8. The highest BCUT2D eigenvalue weighted by Crippen LogP contribution is 2.33. The van der Waals surface area contributed by atoms with Crippen LogP contribution in [-0.2, 0) is 21.7 Å². The third kappa shape index (κ3) is 5.01. The topological polar surface area (TPSA) is 59.0 Å². The van der Waals surface area contributed by atoms with Crippen molar-refractivity contribution in [3.05, 3.63) is 102 Å². The van der Waals surface area contributed by atoms with Crippen molar-refractivity contribution < 1.29 is 19.4 Å². The molecule has 0 saturated carbocycles. The summed E-state index contributed by atoms with van der Waals surface area (Å²) in [6.07, 6.45) is 1.33. The van der Waals surface area contributed by atoms with Crippen LogP contribution in [0.4, 0.5) is 0 Å². The third-order valence-corrected chi connectivity index (χ3v) is 5.95. The minimum atomic E-state index is -1.89. The summed E-state index contributed by atoms with van der Waals surface area (Å²) in [5.41, 5.74) is 0.117. The quantitative estimate of drug-likeness (QED) is 0.570. The number of likely N-dealkylation sites (tertiary alicyclic amines) is 1. The van der Waals surface area contributed by atoms with E-state index >= 15 is 0 Å². The molecule has 1 N–H and O–H groups in total. The third-order valence-electron chi connectivity index (χ3n) is 5.95. The second-order valence-corrected chi connectivity index (χ2v) is 8.28. The van der Waals surface area contributed by atoms with Gasteiger partial charge in [-0.2, -0.15) is 0 Å². The number of esters is 1. The fourth-order valence-corrected chi connectivity index (χ4v) is 3.95. The number of rotatable bonds is 7. The van der Waals surface area contributed by atoms with Crippen molar-refractivity contribution in [3.8, 4) is 5.75 Å². The van der Waals surface area contributed by atoms with Gasteiger partial charge in [-0.25, -0.2) is 4.79 Å². The van der Waals surface area contributed by atoms with Gasteiger partial charge in [-0.15, -0.1) is 0 Å². The molecule has 4 rings (SSSR count). The van der Waals surface area contributed by atoms with E-state index in [1.165, 1.54) is 0 Å². The summed E-state index contributed by atoms with van der Waals surface area (Å²) >= 11 is 0. The Morgan fingerprint density at radius 1 is 0.906 bits per heavy atom. The lowest BCUT2D eigenvalue weighted by Gasteiger charge is -2.33. The van der Waals surface area contributed by atoms with E-state index < -0.39 is 11.6 Å². The van der Waals surface area contributed by atoms with Crippen molar-refractivity contribution >= 4 is 5.97 Å². The maximum absolute atomic E-state index is 13.3. The highest BCUT2D eigenvalue weighted by molar-refractivity contribution is 5.85. The first-order valence-corrected chi connectivity index (χ1v) is 11.0. The molecule has 1 saturated heterocycles. The Morgan fingerprint density at radius 2 is 1.47 bits per heavy atom. The molecule has 1 fully saturated rings. The molecule has 32 heavy (non-hydrogen) atoms. The molecule has 0 aromatic heterocycles. The number of carbonyl (C=O) groups excluding carboxylic acids is 1. The summed E-state index contributed by atoms with van der Waals surface area (Å²) in [7, 11) is 2.06. The average Bonchev–Trinajstić information content (AvgIpc) is 2.85. The second kappa shape index (κ2) is 9.98. The van der Waals surface area contributed by atoms with E-state index in [9.17, 15) is 9.90 Å². The van der Waals surface area contributed by atoms with Gasteiger partial charge in [0.2, 0.25) is 5.60 Å². The van der Waals surface area contributed by atoms with E-state index in [1.807, 2.05) is 36.4 Å². The molecular formula is C27H29NO4. The van der Waals surface area contributed by atoms with Gasteiger partial charge in [-0.05, 0) is 48.7 Å². The molecule has 166 valence electrons. The van der Waals surface area contributed by atoms with Gasteiger partial charge in [0.1, 0.15) is 18.5 Å². The largest absolute Gasteiger partial charge is 0.489 e. The number of benzene rings is 3. The molecule has 3 aromatic rings. The predicted molar refractivity (Wildman–Crippen MR) is 123 cm³/mol. The number of carbonyl (C=O) groups is 1. The lowest BCUT2D eigenvalue weighted by atomic mass is 9.86. The molecule has 5 nitrogen and oxygen atoms in total. The molecule has 0 aliphatic carbocycles. The Balaban J connectivity index is 1.54. The Bertz CT molecular complexity index is 999. The molecular weight excluding hydrogens is 402 g/mol. The summed E-state index contributed by atoms with van der Waals surface area (Å²) in [6.45, 7) is 2.19. The smallest absolute Gasteiger partial charge is 0.347 e. The van der Waals surface area contributed by atoms with Gasteiger partial charge in [-0.1, -0.05) is 72.8 Å². The lowest BCUT2D eigenvalue weighted by molar-refractivity contribution is -0.169. The first kappa shape index (κ1) is 22.1. The van der Waals surface area contributed by atoms with Crippen LogP contribution in [0.15, 0.2) is 84.9 Å². The Labute approximate surface area is 189 Å². The van der Waals surface area contributed by atoms with Crippen LogP contribution in [-0.4, -0.2) is 42.2 Å². The monoisotopic (exact) mass is 431 g/mol. The summed E-state index contributed by atoms with van der Waals surface area (Å²) in [6, 6.07) is 25.9. The van der Waals surface area contributed by atoms with Crippen molar-refractivity contribution in [3.63, 3.8) is 0 Å². The zero-order valence-corrected chi connectivity index (χ0v) is 18.3. The number of hydrogen-bond donors (Lipinski definition) is 1. The van der Waals surface area contributed by atoms with Gasteiger partial charge in [0.25, 0.3) is 0 Å². The maximum Gasteiger partial charge on any atom is 0.347 e. The highest BCUT2D eigenvalue weighted by atomic mass is 16.6.